The van der Waals surface area contributed by atoms with Crippen LogP contribution in [0, 0.1) is 0 Å². The molecule has 1 atom stereocenters. The molecule has 6 heteroatoms. The highest BCUT2D eigenvalue weighted by molar-refractivity contribution is 7.89. The summed E-state index contributed by atoms with van der Waals surface area (Å²) in [7, 11) is -2.06. The minimum absolute atomic E-state index is 0.0166. The molecule has 0 aliphatic carbocycles. The zero-order valence-corrected chi connectivity index (χ0v) is 12.5. The van der Waals surface area contributed by atoms with Crippen LogP contribution in [0.5, 0.6) is 5.75 Å². The molecule has 0 radical (unpaired) electrons. The standard InChI is InChI=1S/C14H21NO4S/c1-19-13-8-2-3-9-14(13)20(17,18)15-10-4-6-12(15)7-5-11-16/h2-3,8-9,12,16H,4-7,10-11H2,1H3. The van der Waals surface area contributed by atoms with Crippen LogP contribution in [0.25, 0.3) is 0 Å². The molecule has 1 aromatic carbocycles. The summed E-state index contributed by atoms with van der Waals surface area (Å²) in [6.07, 6.45) is 3.05. The van der Waals surface area contributed by atoms with Crippen molar-refractivity contribution in [1.82, 2.24) is 4.31 Å². The van der Waals surface area contributed by atoms with E-state index in [2.05, 4.69) is 0 Å². The lowest BCUT2D eigenvalue weighted by molar-refractivity contribution is 0.264. The first kappa shape index (κ1) is 15.3. The fourth-order valence-corrected chi connectivity index (χ4v) is 4.58. The van der Waals surface area contributed by atoms with E-state index in [1.54, 1.807) is 28.6 Å². The van der Waals surface area contributed by atoms with Crippen LogP contribution in [0.1, 0.15) is 25.7 Å². The van der Waals surface area contributed by atoms with Crippen LogP contribution >= 0.6 is 0 Å². The van der Waals surface area contributed by atoms with Gasteiger partial charge in [-0.25, -0.2) is 8.42 Å². The molecular formula is C14H21NO4S. The number of aliphatic hydroxyl groups is 1. The van der Waals surface area contributed by atoms with E-state index < -0.39 is 10.0 Å². The highest BCUT2D eigenvalue weighted by Crippen LogP contribution is 2.32. The molecule has 1 aliphatic rings. The van der Waals surface area contributed by atoms with Gasteiger partial charge in [0.15, 0.2) is 0 Å². The Labute approximate surface area is 120 Å². The monoisotopic (exact) mass is 299 g/mol. The van der Waals surface area contributed by atoms with E-state index >= 15 is 0 Å². The normalized spacial score (nSPS) is 20.2. The Kier molecular flexibility index (Phi) is 5.01. The zero-order chi connectivity index (χ0) is 14.6. The molecule has 112 valence electrons. The van der Waals surface area contributed by atoms with E-state index in [4.69, 9.17) is 9.84 Å². The van der Waals surface area contributed by atoms with Gasteiger partial charge in [0.05, 0.1) is 7.11 Å². The second kappa shape index (κ2) is 6.56. The summed E-state index contributed by atoms with van der Waals surface area (Å²) >= 11 is 0. The van der Waals surface area contributed by atoms with Gasteiger partial charge in [-0.15, -0.1) is 0 Å². The number of benzene rings is 1. The second-order valence-electron chi connectivity index (χ2n) is 4.93. The van der Waals surface area contributed by atoms with E-state index in [0.717, 1.165) is 12.8 Å². The molecule has 0 bridgehead atoms. The molecule has 5 nitrogen and oxygen atoms in total. The third-order valence-electron chi connectivity index (χ3n) is 3.67. The summed E-state index contributed by atoms with van der Waals surface area (Å²) in [5, 5.41) is 8.93. The Morgan fingerprint density at radius 2 is 2.15 bits per heavy atom. The molecule has 1 unspecified atom stereocenters. The molecule has 1 N–H and O–H groups in total. The lowest BCUT2D eigenvalue weighted by Crippen LogP contribution is -2.35. The van der Waals surface area contributed by atoms with Crippen LogP contribution in [0.15, 0.2) is 29.2 Å². The molecule has 1 fully saturated rings. The maximum absolute atomic E-state index is 12.8. The predicted octanol–water partition coefficient (Wildman–Crippen LogP) is 1.62. The SMILES string of the molecule is COc1ccccc1S(=O)(=O)N1CCCC1CCCO. The Hall–Kier alpha value is -1.11. The third kappa shape index (κ3) is 2.97. The Balaban J connectivity index is 2.29. The minimum atomic E-state index is -3.53. The lowest BCUT2D eigenvalue weighted by Gasteiger charge is -2.24. The summed E-state index contributed by atoms with van der Waals surface area (Å²) < 4.78 is 32.3. The fourth-order valence-electron chi connectivity index (χ4n) is 2.70. The number of para-hydroxylation sites is 1. The van der Waals surface area contributed by atoms with Crippen molar-refractivity contribution >= 4 is 10.0 Å². The van der Waals surface area contributed by atoms with Gasteiger partial charge >= 0.3 is 0 Å². The molecule has 0 amide bonds. The molecule has 20 heavy (non-hydrogen) atoms. The number of rotatable bonds is 6. The highest BCUT2D eigenvalue weighted by Gasteiger charge is 2.36. The van der Waals surface area contributed by atoms with E-state index in [1.165, 1.54) is 7.11 Å². The van der Waals surface area contributed by atoms with Gasteiger partial charge in [0, 0.05) is 19.2 Å². The van der Waals surface area contributed by atoms with Crippen LogP contribution in [0.2, 0.25) is 0 Å². The van der Waals surface area contributed by atoms with E-state index in [-0.39, 0.29) is 17.5 Å². The average Bonchev–Trinajstić information content (AvgIpc) is 2.94. The van der Waals surface area contributed by atoms with Crippen LogP contribution in [-0.4, -0.2) is 44.1 Å². The Morgan fingerprint density at radius 1 is 1.40 bits per heavy atom. The van der Waals surface area contributed by atoms with Crippen molar-refractivity contribution in [3.05, 3.63) is 24.3 Å². The predicted molar refractivity (Wildman–Crippen MR) is 76.2 cm³/mol. The summed E-state index contributed by atoms with van der Waals surface area (Å²) in [6.45, 7) is 0.634. The largest absolute Gasteiger partial charge is 0.495 e. The molecule has 1 aliphatic heterocycles. The van der Waals surface area contributed by atoms with Crippen LogP contribution in [0.3, 0.4) is 0 Å². The van der Waals surface area contributed by atoms with Crippen molar-refractivity contribution in [2.24, 2.45) is 0 Å². The van der Waals surface area contributed by atoms with Gasteiger partial charge in [0.2, 0.25) is 10.0 Å². The molecule has 1 saturated heterocycles. The number of sulfonamides is 1. The Morgan fingerprint density at radius 3 is 2.85 bits per heavy atom. The molecule has 2 rings (SSSR count). The van der Waals surface area contributed by atoms with Crippen LogP contribution in [-0.2, 0) is 10.0 Å². The van der Waals surface area contributed by atoms with Crippen molar-refractivity contribution in [2.75, 3.05) is 20.3 Å². The number of methoxy groups -OCH3 is 1. The van der Waals surface area contributed by atoms with E-state index in [9.17, 15) is 8.42 Å². The molecule has 0 spiro atoms. The number of aliphatic hydroxyl groups excluding tert-OH is 1. The van der Waals surface area contributed by atoms with Gasteiger partial charge in [-0.1, -0.05) is 12.1 Å². The number of hydrogen-bond acceptors (Lipinski definition) is 4. The smallest absolute Gasteiger partial charge is 0.247 e. The van der Waals surface area contributed by atoms with Crippen LogP contribution < -0.4 is 4.74 Å². The van der Waals surface area contributed by atoms with Gasteiger partial charge in [0.1, 0.15) is 10.6 Å². The Bertz CT molecular complexity index is 544. The topological polar surface area (TPSA) is 66.8 Å². The molecule has 0 aromatic heterocycles. The van der Waals surface area contributed by atoms with Gasteiger partial charge in [0.25, 0.3) is 0 Å². The van der Waals surface area contributed by atoms with Crippen molar-refractivity contribution in [3.8, 4) is 5.75 Å². The van der Waals surface area contributed by atoms with Crippen molar-refractivity contribution < 1.29 is 18.3 Å². The highest BCUT2D eigenvalue weighted by atomic mass is 32.2. The lowest BCUT2D eigenvalue weighted by atomic mass is 10.1. The maximum atomic E-state index is 12.8. The molecule has 1 aromatic rings. The summed E-state index contributed by atoms with van der Waals surface area (Å²) in [5.41, 5.74) is 0. The molecular weight excluding hydrogens is 278 g/mol. The fraction of sp³-hybridized carbons (Fsp3) is 0.571. The molecule has 1 heterocycles. The number of nitrogens with zero attached hydrogens (tertiary/aromatic N) is 1. The second-order valence-corrected chi connectivity index (χ2v) is 6.79. The third-order valence-corrected chi connectivity index (χ3v) is 5.67. The van der Waals surface area contributed by atoms with Crippen molar-refractivity contribution in [1.29, 1.82) is 0 Å². The van der Waals surface area contributed by atoms with Crippen molar-refractivity contribution in [3.63, 3.8) is 0 Å². The van der Waals surface area contributed by atoms with Gasteiger partial charge in [-0.2, -0.15) is 4.31 Å². The van der Waals surface area contributed by atoms with Gasteiger partial charge in [-0.05, 0) is 37.8 Å². The number of hydrogen-bond donors (Lipinski definition) is 1. The average molecular weight is 299 g/mol. The van der Waals surface area contributed by atoms with Crippen LogP contribution in [0.4, 0.5) is 0 Å². The van der Waals surface area contributed by atoms with Gasteiger partial charge < -0.3 is 9.84 Å². The first-order chi connectivity index (χ1) is 9.61. The summed E-state index contributed by atoms with van der Waals surface area (Å²) in [4.78, 5) is 0.221. The van der Waals surface area contributed by atoms with Gasteiger partial charge in [-0.3, -0.25) is 0 Å². The van der Waals surface area contributed by atoms with Crippen molar-refractivity contribution in [2.45, 2.75) is 36.6 Å². The summed E-state index contributed by atoms with van der Waals surface area (Å²) in [6, 6.07) is 6.68. The zero-order valence-electron chi connectivity index (χ0n) is 11.7. The van der Waals surface area contributed by atoms with E-state index in [1.807, 2.05) is 0 Å². The number of ether oxygens (including phenoxy) is 1. The summed E-state index contributed by atoms with van der Waals surface area (Å²) in [5.74, 6) is 0.375. The first-order valence-electron chi connectivity index (χ1n) is 6.87. The molecule has 0 saturated carbocycles. The minimum Gasteiger partial charge on any atom is -0.495 e. The van der Waals surface area contributed by atoms with E-state index in [0.29, 0.717) is 25.1 Å². The first-order valence-corrected chi connectivity index (χ1v) is 8.31. The quantitative estimate of drug-likeness (QED) is 0.867. The maximum Gasteiger partial charge on any atom is 0.247 e.